The molecule has 1 fully saturated rings. The Morgan fingerprint density at radius 3 is 3.14 bits per heavy atom. The standard InChI is InChI=1S/C8H13N3O2S/c12-7-9-8(11-10-7)14-5-6-3-1-2-4-13-6/h6H,1-5H2,(H2,9,10,11,12)/t6-/m0/s1. The van der Waals surface area contributed by atoms with Gasteiger partial charge in [0, 0.05) is 12.4 Å². The van der Waals surface area contributed by atoms with Crippen molar-refractivity contribution in [3.63, 3.8) is 0 Å². The molecule has 2 heterocycles. The number of thioether (sulfide) groups is 1. The first-order valence-corrected chi connectivity index (χ1v) is 5.72. The van der Waals surface area contributed by atoms with Crippen LogP contribution in [0.15, 0.2) is 9.95 Å². The van der Waals surface area contributed by atoms with Gasteiger partial charge in [-0.05, 0) is 19.3 Å². The summed E-state index contributed by atoms with van der Waals surface area (Å²) < 4.78 is 5.56. The monoisotopic (exact) mass is 215 g/mol. The lowest BCUT2D eigenvalue weighted by molar-refractivity contribution is 0.0315. The number of nitrogens with one attached hydrogen (secondary N) is 2. The fourth-order valence-electron chi connectivity index (χ4n) is 1.43. The summed E-state index contributed by atoms with van der Waals surface area (Å²) in [6, 6.07) is 0. The quantitative estimate of drug-likeness (QED) is 0.730. The van der Waals surface area contributed by atoms with Gasteiger partial charge in [-0.25, -0.2) is 9.89 Å². The molecule has 0 aromatic carbocycles. The number of ether oxygens (including phenoxy) is 1. The summed E-state index contributed by atoms with van der Waals surface area (Å²) >= 11 is 1.52. The van der Waals surface area contributed by atoms with Crippen molar-refractivity contribution in [2.75, 3.05) is 12.4 Å². The van der Waals surface area contributed by atoms with Gasteiger partial charge in [0.05, 0.1) is 6.10 Å². The molecule has 1 aliphatic heterocycles. The van der Waals surface area contributed by atoms with Crippen molar-refractivity contribution < 1.29 is 4.74 Å². The van der Waals surface area contributed by atoms with E-state index in [-0.39, 0.29) is 5.69 Å². The van der Waals surface area contributed by atoms with Crippen molar-refractivity contribution in [3.8, 4) is 0 Å². The fourth-order valence-corrected chi connectivity index (χ4v) is 2.32. The van der Waals surface area contributed by atoms with E-state index in [4.69, 9.17) is 4.74 Å². The maximum atomic E-state index is 10.7. The Balaban J connectivity index is 1.78. The molecule has 1 atom stereocenters. The zero-order valence-corrected chi connectivity index (χ0v) is 8.60. The molecular weight excluding hydrogens is 202 g/mol. The van der Waals surface area contributed by atoms with Crippen molar-refractivity contribution in [1.82, 2.24) is 15.2 Å². The van der Waals surface area contributed by atoms with E-state index >= 15 is 0 Å². The molecule has 14 heavy (non-hydrogen) atoms. The maximum Gasteiger partial charge on any atom is 0.341 e. The molecular formula is C8H13N3O2S. The molecule has 0 amide bonds. The van der Waals surface area contributed by atoms with Gasteiger partial charge in [-0.2, -0.15) is 0 Å². The lowest BCUT2D eigenvalue weighted by Crippen LogP contribution is -2.21. The van der Waals surface area contributed by atoms with Crippen LogP contribution in [-0.2, 0) is 4.74 Å². The van der Waals surface area contributed by atoms with Crippen LogP contribution in [0.4, 0.5) is 0 Å². The highest BCUT2D eigenvalue weighted by Crippen LogP contribution is 2.19. The molecule has 2 N–H and O–H groups in total. The van der Waals surface area contributed by atoms with E-state index in [2.05, 4.69) is 15.2 Å². The smallest absolute Gasteiger partial charge is 0.341 e. The number of nitrogens with zero attached hydrogens (tertiary/aromatic N) is 1. The lowest BCUT2D eigenvalue weighted by Gasteiger charge is -2.21. The molecule has 1 aromatic rings. The highest BCUT2D eigenvalue weighted by molar-refractivity contribution is 7.99. The summed E-state index contributed by atoms with van der Waals surface area (Å²) in [6.45, 7) is 0.863. The second-order valence-corrected chi connectivity index (χ2v) is 4.29. The third-order valence-electron chi connectivity index (χ3n) is 2.16. The van der Waals surface area contributed by atoms with E-state index in [1.807, 2.05) is 0 Å². The van der Waals surface area contributed by atoms with E-state index in [9.17, 15) is 4.79 Å². The second-order valence-electron chi connectivity index (χ2n) is 3.28. The minimum atomic E-state index is -0.253. The predicted molar refractivity (Wildman–Crippen MR) is 53.5 cm³/mol. The highest BCUT2D eigenvalue weighted by Gasteiger charge is 2.14. The van der Waals surface area contributed by atoms with Crippen LogP contribution in [0.1, 0.15) is 19.3 Å². The third kappa shape index (κ3) is 2.62. The van der Waals surface area contributed by atoms with Crippen LogP contribution in [0.2, 0.25) is 0 Å². The van der Waals surface area contributed by atoms with Crippen molar-refractivity contribution in [1.29, 1.82) is 0 Å². The molecule has 5 nitrogen and oxygen atoms in total. The summed E-state index contributed by atoms with van der Waals surface area (Å²) in [4.78, 5) is 13.3. The number of hydrogen-bond donors (Lipinski definition) is 2. The van der Waals surface area contributed by atoms with Gasteiger partial charge in [0.1, 0.15) is 0 Å². The van der Waals surface area contributed by atoms with E-state index in [0.717, 1.165) is 18.8 Å². The maximum absolute atomic E-state index is 10.7. The SMILES string of the molecule is O=c1[nH]nc(SC[C@@H]2CCCCO2)[nH]1. The average molecular weight is 215 g/mol. The Bertz CT molecular complexity index is 329. The minimum Gasteiger partial charge on any atom is -0.377 e. The number of aromatic amines is 2. The van der Waals surface area contributed by atoms with Gasteiger partial charge in [-0.3, -0.25) is 4.98 Å². The first-order valence-electron chi connectivity index (χ1n) is 4.74. The molecule has 1 aromatic heterocycles. The summed E-state index contributed by atoms with van der Waals surface area (Å²) in [5.74, 6) is 0.862. The van der Waals surface area contributed by atoms with Gasteiger partial charge < -0.3 is 4.74 Å². The van der Waals surface area contributed by atoms with Crippen LogP contribution in [-0.4, -0.2) is 33.6 Å². The molecule has 6 heteroatoms. The van der Waals surface area contributed by atoms with E-state index < -0.39 is 0 Å². The van der Waals surface area contributed by atoms with Crippen LogP contribution in [0.5, 0.6) is 0 Å². The van der Waals surface area contributed by atoms with Crippen molar-refractivity contribution in [2.24, 2.45) is 0 Å². The number of rotatable bonds is 3. The first-order chi connectivity index (χ1) is 6.84. The normalized spacial score (nSPS) is 22.4. The van der Waals surface area contributed by atoms with Crippen molar-refractivity contribution in [2.45, 2.75) is 30.5 Å². The Hall–Kier alpha value is -0.750. The Kier molecular flexibility index (Phi) is 3.26. The molecule has 0 spiro atoms. The summed E-state index contributed by atoms with van der Waals surface area (Å²) in [5, 5.41) is 6.79. The molecule has 1 saturated heterocycles. The van der Waals surface area contributed by atoms with Crippen LogP contribution in [0.25, 0.3) is 0 Å². The van der Waals surface area contributed by atoms with Crippen LogP contribution in [0.3, 0.4) is 0 Å². The molecule has 0 aliphatic carbocycles. The molecule has 0 saturated carbocycles. The molecule has 1 aliphatic rings. The summed E-state index contributed by atoms with van der Waals surface area (Å²) in [5.41, 5.74) is -0.253. The van der Waals surface area contributed by atoms with Crippen molar-refractivity contribution >= 4 is 11.8 Å². The van der Waals surface area contributed by atoms with Gasteiger partial charge in [0.2, 0.25) is 0 Å². The summed E-state index contributed by atoms with van der Waals surface area (Å²) in [7, 11) is 0. The first kappa shape index (κ1) is 9.79. The van der Waals surface area contributed by atoms with Gasteiger partial charge in [-0.15, -0.1) is 5.10 Å². The van der Waals surface area contributed by atoms with Crippen molar-refractivity contribution in [3.05, 3.63) is 10.5 Å². The van der Waals surface area contributed by atoms with Gasteiger partial charge >= 0.3 is 5.69 Å². The predicted octanol–water partition coefficient (Wildman–Crippen LogP) is 0.759. The number of H-pyrrole nitrogens is 2. The number of aromatic nitrogens is 3. The zero-order valence-electron chi connectivity index (χ0n) is 7.78. The van der Waals surface area contributed by atoms with Crippen LogP contribution < -0.4 is 5.69 Å². The zero-order chi connectivity index (χ0) is 9.80. The Morgan fingerprint density at radius 1 is 1.57 bits per heavy atom. The van der Waals surface area contributed by atoms with E-state index in [1.165, 1.54) is 24.6 Å². The lowest BCUT2D eigenvalue weighted by atomic mass is 10.1. The molecule has 0 unspecified atom stereocenters. The average Bonchev–Trinajstić information content (AvgIpc) is 2.63. The van der Waals surface area contributed by atoms with Gasteiger partial charge in [0.25, 0.3) is 0 Å². The highest BCUT2D eigenvalue weighted by atomic mass is 32.2. The molecule has 78 valence electrons. The fraction of sp³-hybridized carbons (Fsp3) is 0.750. The van der Waals surface area contributed by atoms with E-state index in [0.29, 0.717) is 11.3 Å². The number of hydrogen-bond acceptors (Lipinski definition) is 4. The minimum absolute atomic E-state index is 0.253. The summed E-state index contributed by atoms with van der Waals surface area (Å²) in [6.07, 6.45) is 3.83. The van der Waals surface area contributed by atoms with Gasteiger partial charge in [-0.1, -0.05) is 11.8 Å². The second kappa shape index (κ2) is 4.65. The topological polar surface area (TPSA) is 70.8 Å². The molecule has 2 rings (SSSR count). The molecule has 0 radical (unpaired) electrons. The van der Waals surface area contributed by atoms with Crippen LogP contribution >= 0.6 is 11.8 Å². The third-order valence-corrected chi connectivity index (χ3v) is 3.16. The Labute approximate surface area is 85.6 Å². The van der Waals surface area contributed by atoms with Gasteiger partial charge in [0.15, 0.2) is 5.16 Å². The van der Waals surface area contributed by atoms with Crippen LogP contribution in [0, 0.1) is 0 Å². The Morgan fingerprint density at radius 2 is 2.50 bits per heavy atom. The largest absolute Gasteiger partial charge is 0.377 e. The molecule has 0 bridgehead atoms. The van der Waals surface area contributed by atoms with E-state index in [1.54, 1.807) is 0 Å².